The summed E-state index contributed by atoms with van der Waals surface area (Å²) < 4.78 is 0. The van der Waals surface area contributed by atoms with Crippen LogP contribution in [0.15, 0.2) is 12.4 Å². The zero-order valence-electron chi connectivity index (χ0n) is 9.53. The van der Waals surface area contributed by atoms with Crippen molar-refractivity contribution in [1.29, 1.82) is 0 Å². The highest BCUT2D eigenvalue weighted by Gasteiger charge is 2.26. The van der Waals surface area contributed by atoms with Crippen LogP contribution in [0.2, 0.25) is 0 Å². The zero-order chi connectivity index (χ0) is 10.7. The fraction of sp³-hybridized carbons (Fsp3) is 0.667. The van der Waals surface area contributed by atoms with Gasteiger partial charge in [-0.05, 0) is 25.8 Å². The van der Waals surface area contributed by atoms with Crippen LogP contribution < -0.4 is 5.32 Å². The van der Waals surface area contributed by atoms with E-state index >= 15 is 0 Å². The Morgan fingerprint density at radius 2 is 2.20 bits per heavy atom. The van der Waals surface area contributed by atoms with Gasteiger partial charge >= 0.3 is 0 Å². The third-order valence-electron chi connectivity index (χ3n) is 2.87. The molecule has 0 bridgehead atoms. The Bertz CT molecular complexity index is 303. The lowest BCUT2D eigenvalue weighted by Crippen LogP contribution is -2.22. The van der Waals surface area contributed by atoms with Crippen LogP contribution in [0.5, 0.6) is 0 Å². The molecule has 82 valence electrons. The lowest BCUT2D eigenvalue weighted by molar-refractivity contribution is 0.475. The zero-order valence-corrected chi connectivity index (χ0v) is 9.53. The molecule has 1 fully saturated rings. The van der Waals surface area contributed by atoms with E-state index in [1.54, 1.807) is 0 Å². The second-order valence-corrected chi connectivity index (χ2v) is 4.37. The van der Waals surface area contributed by atoms with Crippen molar-refractivity contribution in [3.05, 3.63) is 23.8 Å². The highest BCUT2D eigenvalue weighted by Crippen LogP contribution is 2.37. The first-order valence-corrected chi connectivity index (χ1v) is 5.81. The molecule has 0 saturated heterocycles. The quantitative estimate of drug-likeness (QED) is 0.801. The Morgan fingerprint density at radius 3 is 2.73 bits per heavy atom. The molecule has 0 radical (unpaired) electrons. The van der Waals surface area contributed by atoms with Gasteiger partial charge in [-0.3, -0.25) is 9.97 Å². The maximum atomic E-state index is 4.45. The Labute approximate surface area is 91.3 Å². The second-order valence-electron chi connectivity index (χ2n) is 4.37. The van der Waals surface area contributed by atoms with Crippen LogP contribution in [0.25, 0.3) is 0 Å². The van der Waals surface area contributed by atoms with Crippen molar-refractivity contribution in [2.45, 2.75) is 39.2 Å². The monoisotopic (exact) mass is 205 g/mol. The molecule has 0 aliphatic heterocycles. The van der Waals surface area contributed by atoms with Gasteiger partial charge in [0, 0.05) is 6.20 Å². The van der Waals surface area contributed by atoms with Gasteiger partial charge in [0.05, 0.1) is 23.6 Å². The highest BCUT2D eigenvalue weighted by molar-refractivity contribution is 5.06. The summed E-state index contributed by atoms with van der Waals surface area (Å²) in [6.07, 6.45) is 7.76. The molecule has 3 heteroatoms. The standard InChI is InChI=1S/C12H19N3/c1-3-13-11(6-10-4-5-10)12-8-14-9(2)7-15-12/h7-8,10-11,13H,3-6H2,1-2H3. The number of nitrogens with zero attached hydrogens (tertiary/aromatic N) is 2. The molecule has 1 heterocycles. The molecule has 1 unspecified atom stereocenters. The first kappa shape index (κ1) is 10.6. The van der Waals surface area contributed by atoms with Crippen molar-refractivity contribution in [3.8, 4) is 0 Å². The summed E-state index contributed by atoms with van der Waals surface area (Å²) in [7, 11) is 0. The second kappa shape index (κ2) is 4.71. The minimum atomic E-state index is 0.399. The van der Waals surface area contributed by atoms with Crippen LogP contribution >= 0.6 is 0 Å². The minimum Gasteiger partial charge on any atom is -0.309 e. The number of rotatable bonds is 5. The van der Waals surface area contributed by atoms with Gasteiger partial charge in [-0.25, -0.2) is 0 Å². The van der Waals surface area contributed by atoms with Gasteiger partial charge in [0.25, 0.3) is 0 Å². The smallest absolute Gasteiger partial charge is 0.0756 e. The number of aryl methyl sites for hydroxylation is 1. The van der Waals surface area contributed by atoms with E-state index in [-0.39, 0.29) is 0 Å². The van der Waals surface area contributed by atoms with Gasteiger partial charge in [0.2, 0.25) is 0 Å². The minimum absolute atomic E-state index is 0.399. The van der Waals surface area contributed by atoms with Crippen molar-refractivity contribution >= 4 is 0 Å². The molecule has 0 amide bonds. The maximum Gasteiger partial charge on any atom is 0.0756 e. The Kier molecular flexibility index (Phi) is 3.31. The fourth-order valence-electron chi connectivity index (χ4n) is 1.82. The molecule has 1 N–H and O–H groups in total. The molecule has 1 aromatic rings. The van der Waals surface area contributed by atoms with E-state index in [9.17, 15) is 0 Å². The fourth-order valence-corrected chi connectivity index (χ4v) is 1.82. The highest BCUT2D eigenvalue weighted by atomic mass is 14.9. The molecular weight excluding hydrogens is 186 g/mol. The largest absolute Gasteiger partial charge is 0.309 e. The lowest BCUT2D eigenvalue weighted by Gasteiger charge is -2.16. The topological polar surface area (TPSA) is 37.8 Å². The van der Waals surface area contributed by atoms with E-state index in [2.05, 4.69) is 22.2 Å². The van der Waals surface area contributed by atoms with E-state index < -0.39 is 0 Å². The lowest BCUT2D eigenvalue weighted by atomic mass is 10.1. The van der Waals surface area contributed by atoms with Gasteiger partial charge in [-0.2, -0.15) is 0 Å². The molecule has 1 aliphatic carbocycles. The summed E-state index contributed by atoms with van der Waals surface area (Å²) >= 11 is 0. The van der Waals surface area contributed by atoms with Gasteiger partial charge in [-0.1, -0.05) is 19.8 Å². The number of hydrogen-bond acceptors (Lipinski definition) is 3. The summed E-state index contributed by atoms with van der Waals surface area (Å²) in [6.45, 7) is 5.11. The van der Waals surface area contributed by atoms with Crippen LogP contribution in [0.1, 0.15) is 43.6 Å². The molecule has 15 heavy (non-hydrogen) atoms. The van der Waals surface area contributed by atoms with Crippen LogP contribution in [0.4, 0.5) is 0 Å². The molecule has 0 aromatic carbocycles. The third kappa shape index (κ3) is 2.99. The van der Waals surface area contributed by atoms with Crippen molar-refractivity contribution in [2.75, 3.05) is 6.54 Å². The predicted molar refractivity (Wildman–Crippen MR) is 60.5 cm³/mol. The van der Waals surface area contributed by atoms with Crippen molar-refractivity contribution in [1.82, 2.24) is 15.3 Å². The van der Waals surface area contributed by atoms with Gasteiger partial charge in [-0.15, -0.1) is 0 Å². The summed E-state index contributed by atoms with van der Waals surface area (Å²) in [5, 5.41) is 3.49. The summed E-state index contributed by atoms with van der Waals surface area (Å²) in [5.74, 6) is 0.914. The molecule has 3 nitrogen and oxygen atoms in total. The Balaban J connectivity index is 2.04. The maximum absolute atomic E-state index is 4.45. The van der Waals surface area contributed by atoms with E-state index in [1.165, 1.54) is 19.3 Å². The number of hydrogen-bond donors (Lipinski definition) is 1. The molecule has 0 spiro atoms. The first-order chi connectivity index (χ1) is 7.29. The van der Waals surface area contributed by atoms with E-state index in [1.807, 2.05) is 19.3 Å². The Morgan fingerprint density at radius 1 is 1.40 bits per heavy atom. The SMILES string of the molecule is CCNC(CC1CC1)c1cnc(C)cn1. The molecular formula is C12H19N3. The van der Waals surface area contributed by atoms with Gasteiger partial charge < -0.3 is 5.32 Å². The average Bonchev–Trinajstić information content (AvgIpc) is 3.02. The Hall–Kier alpha value is -0.960. The molecule has 1 aromatic heterocycles. The first-order valence-electron chi connectivity index (χ1n) is 5.81. The van der Waals surface area contributed by atoms with Crippen LogP contribution in [0.3, 0.4) is 0 Å². The molecule has 2 rings (SSSR count). The molecule has 1 aliphatic rings. The van der Waals surface area contributed by atoms with E-state index in [0.29, 0.717) is 6.04 Å². The normalized spacial score (nSPS) is 17.7. The molecule has 1 atom stereocenters. The summed E-state index contributed by atoms with van der Waals surface area (Å²) in [6, 6.07) is 0.399. The summed E-state index contributed by atoms with van der Waals surface area (Å²) in [5.41, 5.74) is 2.08. The van der Waals surface area contributed by atoms with E-state index in [4.69, 9.17) is 0 Å². The third-order valence-corrected chi connectivity index (χ3v) is 2.87. The van der Waals surface area contributed by atoms with Crippen molar-refractivity contribution < 1.29 is 0 Å². The van der Waals surface area contributed by atoms with Crippen LogP contribution in [0, 0.1) is 12.8 Å². The van der Waals surface area contributed by atoms with Crippen molar-refractivity contribution in [3.63, 3.8) is 0 Å². The molecule has 1 saturated carbocycles. The van der Waals surface area contributed by atoms with Crippen LogP contribution in [-0.4, -0.2) is 16.5 Å². The predicted octanol–water partition coefficient (Wildman–Crippen LogP) is 2.24. The average molecular weight is 205 g/mol. The van der Waals surface area contributed by atoms with Gasteiger partial charge in [0.1, 0.15) is 0 Å². The number of aromatic nitrogens is 2. The number of nitrogens with one attached hydrogen (secondary N) is 1. The summed E-state index contributed by atoms with van der Waals surface area (Å²) in [4.78, 5) is 8.76. The van der Waals surface area contributed by atoms with Crippen molar-refractivity contribution in [2.24, 2.45) is 5.92 Å². The van der Waals surface area contributed by atoms with Crippen LogP contribution in [-0.2, 0) is 0 Å². The van der Waals surface area contributed by atoms with Gasteiger partial charge in [0.15, 0.2) is 0 Å². The van der Waals surface area contributed by atoms with E-state index in [0.717, 1.165) is 23.9 Å².